The molecule has 11 heteroatoms. The van der Waals surface area contributed by atoms with E-state index in [1.165, 1.54) is 17.6 Å². The SMILES string of the molecule is FC(F)(F)c1ccccc1N1c2cc3c(cc2B2c4ccccc4N(c4ccccc4)c4cc(N(c5ccc(-c6ccccc6)cc5)c5ccccc5-c5ccccc5)cc1c42)B1c2ccccc2N(c2ccccc2)c2cc(N(c4ccccc4)c4ccccc4)cc(c21)S3. The normalized spacial score (nSPS) is 13.0. The first-order valence-electron chi connectivity index (χ1n) is 32.4. The van der Waals surface area contributed by atoms with Crippen LogP contribution in [0.3, 0.4) is 0 Å². The smallest absolute Gasteiger partial charge is 0.311 e. The first kappa shape index (κ1) is 57.0. The van der Waals surface area contributed by atoms with Gasteiger partial charge in [-0.1, -0.05) is 236 Å². The second-order valence-electron chi connectivity index (χ2n) is 24.6. The van der Waals surface area contributed by atoms with Gasteiger partial charge < -0.3 is 24.5 Å². The summed E-state index contributed by atoms with van der Waals surface area (Å²) in [4.78, 5) is 13.3. The molecule has 0 aliphatic carbocycles. The fraction of sp³-hybridized carbons (Fsp3) is 0.0118. The van der Waals surface area contributed by atoms with Crippen LogP contribution >= 0.6 is 11.8 Å². The Hall–Kier alpha value is -11.7. The second-order valence-corrected chi connectivity index (χ2v) is 25.7. The number of fused-ring (bicyclic) bond motifs is 8. The van der Waals surface area contributed by atoms with Gasteiger partial charge in [0.1, 0.15) is 0 Å². The minimum atomic E-state index is -4.73. The van der Waals surface area contributed by atoms with E-state index in [1.807, 2.05) is 35.2 Å². The summed E-state index contributed by atoms with van der Waals surface area (Å²) in [6.45, 7) is -0.711. The molecule has 454 valence electrons. The zero-order valence-electron chi connectivity index (χ0n) is 51.8. The molecule has 0 aromatic heterocycles. The van der Waals surface area contributed by atoms with Gasteiger partial charge in [0.15, 0.2) is 0 Å². The van der Waals surface area contributed by atoms with E-state index in [-0.39, 0.29) is 12.4 Å². The standard InChI is InChI=1S/C85H56B2F3N5S/c88-85(89,90)68-40-20-24-44-74(68)95-77-56-81-72(87-70-42-22-26-46-76(70)94(63-37-17-6-18-38-63)80-53-66(54-82(96-81)84(80)87)91(60-31-11-3-12-32-60)61-33-13-4-14-34-61)55-71(77)86-69-41-21-25-45-75(69)93(62-35-15-5-16-36-62)78-51-65(52-79(95)83(78)86)92(64-49-47-58(48-50-64)57-27-7-1-8-28-57)73-43-23-19-39-67(73)59-29-9-2-10-30-59/h1-56H. The maximum atomic E-state index is 16.4. The molecule has 0 amide bonds. The Morgan fingerprint density at radius 2 is 0.719 bits per heavy atom. The number of hydrogen-bond donors (Lipinski definition) is 0. The molecule has 0 spiro atoms. The number of alkyl halides is 3. The Bertz CT molecular complexity index is 5260. The minimum absolute atomic E-state index is 0.0335. The van der Waals surface area contributed by atoms with E-state index in [9.17, 15) is 0 Å². The van der Waals surface area contributed by atoms with Crippen LogP contribution in [-0.4, -0.2) is 13.4 Å². The molecular weight excluding hydrogens is 1200 g/mol. The number of para-hydroxylation sites is 8. The average Bonchev–Trinajstić information content (AvgIpc) is 0.690. The lowest BCUT2D eigenvalue weighted by Gasteiger charge is -2.46. The summed E-state index contributed by atoms with van der Waals surface area (Å²) in [7, 11) is 0. The first-order valence-corrected chi connectivity index (χ1v) is 33.2. The van der Waals surface area contributed by atoms with E-state index < -0.39 is 18.5 Å². The summed E-state index contributed by atoms with van der Waals surface area (Å²) >= 11 is 1.70. The summed E-state index contributed by atoms with van der Waals surface area (Å²) in [5.74, 6) is 0. The van der Waals surface area contributed by atoms with Crippen molar-refractivity contribution in [3.05, 3.63) is 345 Å². The van der Waals surface area contributed by atoms with Crippen LogP contribution in [0.25, 0.3) is 22.3 Å². The van der Waals surface area contributed by atoms with Gasteiger partial charge in [-0.25, -0.2) is 0 Å². The third kappa shape index (κ3) is 9.43. The summed E-state index contributed by atoms with van der Waals surface area (Å²) < 4.78 is 49.3. The van der Waals surface area contributed by atoms with Crippen LogP contribution in [0.4, 0.5) is 98.5 Å². The highest BCUT2D eigenvalue weighted by Crippen LogP contribution is 2.53. The predicted molar refractivity (Wildman–Crippen MR) is 396 cm³/mol. The van der Waals surface area contributed by atoms with Gasteiger partial charge in [-0.15, -0.1) is 0 Å². The van der Waals surface area contributed by atoms with Crippen LogP contribution in [0.5, 0.6) is 0 Å². The molecule has 14 aromatic rings. The molecule has 14 aromatic carbocycles. The van der Waals surface area contributed by atoms with Crippen LogP contribution in [-0.2, 0) is 6.18 Å². The molecule has 0 radical (unpaired) electrons. The van der Waals surface area contributed by atoms with E-state index in [0.717, 1.165) is 128 Å². The molecule has 0 saturated carbocycles. The van der Waals surface area contributed by atoms with Crippen molar-refractivity contribution in [2.75, 3.05) is 24.5 Å². The Kier molecular flexibility index (Phi) is 13.7. The second kappa shape index (κ2) is 23.1. The topological polar surface area (TPSA) is 16.2 Å². The maximum Gasteiger partial charge on any atom is 0.418 e. The highest BCUT2D eigenvalue weighted by atomic mass is 32.2. The number of halogens is 3. The molecule has 4 aliphatic rings. The molecule has 96 heavy (non-hydrogen) atoms. The van der Waals surface area contributed by atoms with Crippen molar-refractivity contribution >= 4 is 143 Å². The van der Waals surface area contributed by atoms with Gasteiger partial charge in [-0.2, -0.15) is 13.2 Å². The van der Waals surface area contributed by atoms with E-state index in [2.05, 4.69) is 305 Å². The molecule has 0 saturated heterocycles. The Morgan fingerprint density at radius 1 is 0.281 bits per heavy atom. The van der Waals surface area contributed by atoms with Crippen LogP contribution in [0.15, 0.2) is 350 Å². The molecule has 0 unspecified atom stereocenters. The van der Waals surface area contributed by atoms with E-state index in [0.29, 0.717) is 11.4 Å². The molecule has 5 nitrogen and oxygen atoms in total. The quantitative estimate of drug-likeness (QED) is 0.119. The average molecular weight is 1260 g/mol. The lowest BCUT2D eigenvalue weighted by molar-refractivity contribution is -0.137. The number of hydrogen-bond acceptors (Lipinski definition) is 6. The van der Waals surface area contributed by atoms with Gasteiger partial charge in [-0.3, -0.25) is 0 Å². The monoisotopic (exact) mass is 1260 g/mol. The minimum Gasteiger partial charge on any atom is -0.311 e. The molecular formula is C85H56B2F3N5S. The molecule has 0 bridgehead atoms. The van der Waals surface area contributed by atoms with E-state index in [4.69, 9.17) is 0 Å². The van der Waals surface area contributed by atoms with Crippen molar-refractivity contribution in [1.82, 2.24) is 0 Å². The molecule has 0 atom stereocenters. The van der Waals surface area contributed by atoms with E-state index >= 15 is 13.2 Å². The van der Waals surface area contributed by atoms with Crippen LogP contribution in [0.2, 0.25) is 0 Å². The van der Waals surface area contributed by atoms with Gasteiger partial charge in [-0.05, 0) is 165 Å². The van der Waals surface area contributed by atoms with Crippen molar-refractivity contribution in [3.8, 4) is 22.3 Å². The third-order valence-electron chi connectivity index (χ3n) is 19.2. The molecule has 4 aliphatic heterocycles. The first-order chi connectivity index (χ1) is 47.3. The van der Waals surface area contributed by atoms with Crippen LogP contribution in [0.1, 0.15) is 5.56 Å². The van der Waals surface area contributed by atoms with Gasteiger partial charge in [0, 0.05) is 83.6 Å². The van der Waals surface area contributed by atoms with Gasteiger partial charge in [0.2, 0.25) is 6.71 Å². The largest absolute Gasteiger partial charge is 0.418 e. The fourth-order valence-electron chi connectivity index (χ4n) is 15.2. The Balaban J connectivity index is 0.932. The number of anilines is 15. The number of benzene rings is 14. The van der Waals surface area contributed by atoms with Gasteiger partial charge >= 0.3 is 6.18 Å². The highest BCUT2D eigenvalue weighted by molar-refractivity contribution is 8.00. The zero-order chi connectivity index (χ0) is 64.0. The molecule has 0 N–H and O–H groups in total. The Morgan fingerprint density at radius 3 is 1.30 bits per heavy atom. The number of rotatable bonds is 11. The van der Waals surface area contributed by atoms with Gasteiger partial charge in [0.25, 0.3) is 6.71 Å². The molecule has 4 heterocycles. The predicted octanol–water partition coefficient (Wildman–Crippen LogP) is 19.8. The van der Waals surface area contributed by atoms with Crippen LogP contribution in [0, 0.1) is 0 Å². The highest BCUT2D eigenvalue weighted by Gasteiger charge is 2.49. The summed E-state index contributed by atoms with van der Waals surface area (Å²) in [6.07, 6.45) is -4.73. The van der Waals surface area contributed by atoms with Crippen molar-refractivity contribution in [3.63, 3.8) is 0 Å². The van der Waals surface area contributed by atoms with Crippen molar-refractivity contribution in [1.29, 1.82) is 0 Å². The van der Waals surface area contributed by atoms with Crippen molar-refractivity contribution in [2.45, 2.75) is 16.0 Å². The summed E-state index contributed by atoms with van der Waals surface area (Å²) in [5, 5.41) is 0. The third-order valence-corrected chi connectivity index (χ3v) is 20.4. The zero-order valence-corrected chi connectivity index (χ0v) is 52.6. The van der Waals surface area contributed by atoms with E-state index in [1.54, 1.807) is 23.9 Å². The molecule has 0 fully saturated rings. The van der Waals surface area contributed by atoms with Crippen molar-refractivity contribution in [2.24, 2.45) is 0 Å². The fourth-order valence-corrected chi connectivity index (χ4v) is 16.5. The summed E-state index contributed by atoms with van der Waals surface area (Å²) in [5.41, 5.74) is 22.5. The lowest BCUT2D eigenvalue weighted by atomic mass is 9.31. The molecule has 18 rings (SSSR count). The number of nitrogens with zero attached hydrogens (tertiary/aromatic N) is 5. The maximum absolute atomic E-state index is 16.4. The van der Waals surface area contributed by atoms with Gasteiger partial charge in [0.05, 0.1) is 22.6 Å². The summed E-state index contributed by atoms with van der Waals surface area (Å²) in [6, 6.07) is 117. The lowest BCUT2D eigenvalue weighted by Crippen LogP contribution is -2.64. The van der Waals surface area contributed by atoms with Crippen LogP contribution < -0.4 is 57.3 Å². The Labute approximate surface area is 561 Å². The van der Waals surface area contributed by atoms with Crippen molar-refractivity contribution < 1.29 is 13.2 Å².